The van der Waals surface area contributed by atoms with Crippen molar-refractivity contribution in [2.45, 2.75) is 18.8 Å². The van der Waals surface area contributed by atoms with E-state index in [-0.39, 0.29) is 30.1 Å². The number of anilines is 1. The van der Waals surface area contributed by atoms with Gasteiger partial charge in [-0.2, -0.15) is 0 Å². The number of aromatic nitrogens is 1. The van der Waals surface area contributed by atoms with E-state index in [0.29, 0.717) is 24.5 Å². The van der Waals surface area contributed by atoms with E-state index in [1.165, 1.54) is 30.6 Å². The van der Waals surface area contributed by atoms with Crippen molar-refractivity contribution in [3.8, 4) is 11.1 Å². The summed E-state index contributed by atoms with van der Waals surface area (Å²) in [6.07, 6.45) is 0.819. The first-order chi connectivity index (χ1) is 16.9. The summed E-state index contributed by atoms with van der Waals surface area (Å²) in [5, 5.41) is 7.92. The molecule has 4 rings (SSSR count). The number of alkyl carbamates (subject to hydrolysis) is 1. The van der Waals surface area contributed by atoms with Crippen LogP contribution in [-0.2, 0) is 9.53 Å². The van der Waals surface area contributed by atoms with Gasteiger partial charge in [-0.1, -0.05) is 30.3 Å². The molecule has 1 saturated heterocycles. The molecule has 182 valence electrons. The fraction of sp³-hybridized carbons (Fsp3) is 0.280. The molecular weight excluding hydrogens is 471 g/mol. The lowest BCUT2D eigenvalue weighted by Gasteiger charge is -2.31. The predicted octanol–water partition coefficient (Wildman–Crippen LogP) is 4.26. The molecule has 3 amide bonds. The number of thiazole rings is 1. The van der Waals surface area contributed by atoms with E-state index in [4.69, 9.17) is 0 Å². The van der Waals surface area contributed by atoms with E-state index < -0.39 is 6.09 Å². The Morgan fingerprint density at radius 3 is 2.54 bits per heavy atom. The number of piperidine rings is 1. The number of amides is 3. The Morgan fingerprint density at radius 1 is 1.11 bits per heavy atom. The number of nitrogens with zero attached hydrogens (tertiary/aromatic N) is 2. The lowest BCUT2D eigenvalue weighted by Crippen LogP contribution is -2.43. The van der Waals surface area contributed by atoms with Crippen LogP contribution in [0.2, 0.25) is 0 Å². The highest BCUT2D eigenvalue weighted by molar-refractivity contribution is 7.10. The number of halogens is 1. The largest absolute Gasteiger partial charge is 0.453 e. The maximum Gasteiger partial charge on any atom is 0.407 e. The summed E-state index contributed by atoms with van der Waals surface area (Å²) < 4.78 is 17.8. The molecule has 0 spiro atoms. The highest BCUT2D eigenvalue weighted by Crippen LogP contribution is 2.31. The van der Waals surface area contributed by atoms with Crippen LogP contribution >= 0.6 is 11.3 Å². The zero-order valence-electron chi connectivity index (χ0n) is 19.1. The number of carbonyl (C=O) groups is 3. The molecule has 35 heavy (non-hydrogen) atoms. The second-order valence-electron chi connectivity index (χ2n) is 8.08. The van der Waals surface area contributed by atoms with Crippen LogP contribution in [0.5, 0.6) is 0 Å². The molecule has 2 heterocycles. The minimum Gasteiger partial charge on any atom is -0.453 e. The van der Waals surface area contributed by atoms with Crippen molar-refractivity contribution in [3.63, 3.8) is 0 Å². The van der Waals surface area contributed by atoms with Crippen LogP contribution in [0.3, 0.4) is 0 Å². The molecule has 8 nitrogen and oxygen atoms in total. The predicted molar refractivity (Wildman–Crippen MR) is 131 cm³/mol. The van der Waals surface area contributed by atoms with Crippen molar-refractivity contribution < 1.29 is 23.5 Å². The lowest BCUT2D eigenvalue weighted by atomic mass is 9.97. The second-order valence-corrected chi connectivity index (χ2v) is 8.97. The maximum absolute atomic E-state index is 13.3. The molecule has 0 saturated carbocycles. The van der Waals surface area contributed by atoms with Crippen LogP contribution in [0, 0.1) is 5.82 Å². The number of methoxy groups -OCH3 is 1. The zero-order valence-corrected chi connectivity index (χ0v) is 19.9. The van der Waals surface area contributed by atoms with Crippen molar-refractivity contribution in [1.82, 2.24) is 15.2 Å². The molecule has 10 heteroatoms. The first-order valence-electron chi connectivity index (χ1n) is 11.2. The van der Waals surface area contributed by atoms with Crippen LogP contribution in [0.4, 0.5) is 14.9 Å². The Morgan fingerprint density at radius 2 is 1.83 bits per heavy atom. The highest BCUT2D eigenvalue weighted by atomic mass is 32.1. The second kappa shape index (κ2) is 11.1. The quantitative estimate of drug-likeness (QED) is 0.531. The number of hydrogen-bond acceptors (Lipinski definition) is 6. The van der Waals surface area contributed by atoms with E-state index >= 15 is 0 Å². The number of nitrogens with one attached hydrogen (secondary N) is 2. The summed E-state index contributed by atoms with van der Waals surface area (Å²) in [5.41, 5.74) is 2.53. The van der Waals surface area contributed by atoms with Crippen molar-refractivity contribution in [2.75, 3.05) is 32.1 Å². The molecule has 0 bridgehead atoms. The van der Waals surface area contributed by atoms with E-state index in [0.717, 1.165) is 29.0 Å². The smallest absolute Gasteiger partial charge is 0.407 e. The van der Waals surface area contributed by atoms with Gasteiger partial charge in [0.1, 0.15) is 18.1 Å². The van der Waals surface area contributed by atoms with Gasteiger partial charge in [-0.3, -0.25) is 9.59 Å². The summed E-state index contributed by atoms with van der Waals surface area (Å²) in [6, 6.07) is 13.5. The number of benzene rings is 2. The molecule has 1 aliphatic rings. The Bertz CT molecular complexity index is 1210. The number of para-hydroxylation sites is 1. The first-order valence-corrected chi connectivity index (χ1v) is 12.0. The standard InChI is InChI=1S/C25H25FN4O4S/c1-34-25(33)27-14-22(31)30-12-10-17(11-13-30)24-29-21(15-35-24)23(32)28-20-5-3-2-4-19(20)16-6-8-18(26)9-7-16/h2-9,15,17H,10-14H2,1H3,(H,27,33)(H,28,32). The van der Waals surface area contributed by atoms with E-state index in [2.05, 4.69) is 20.4 Å². The fourth-order valence-corrected chi connectivity index (χ4v) is 4.92. The zero-order chi connectivity index (χ0) is 24.8. The molecule has 0 unspecified atom stereocenters. The molecule has 0 radical (unpaired) electrons. The summed E-state index contributed by atoms with van der Waals surface area (Å²) >= 11 is 1.43. The summed E-state index contributed by atoms with van der Waals surface area (Å²) in [6.45, 7) is 1.01. The average molecular weight is 497 g/mol. The minimum absolute atomic E-state index is 0.0989. The van der Waals surface area contributed by atoms with Crippen LogP contribution in [-0.4, -0.2) is 54.5 Å². The topological polar surface area (TPSA) is 101 Å². The van der Waals surface area contributed by atoms with Crippen LogP contribution in [0.1, 0.15) is 34.3 Å². The lowest BCUT2D eigenvalue weighted by molar-refractivity contribution is -0.131. The van der Waals surface area contributed by atoms with Crippen molar-refractivity contribution in [1.29, 1.82) is 0 Å². The summed E-state index contributed by atoms with van der Waals surface area (Å²) in [7, 11) is 1.25. The molecule has 1 aromatic heterocycles. The van der Waals surface area contributed by atoms with Gasteiger partial charge in [0.25, 0.3) is 5.91 Å². The molecule has 0 atom stereocenters. The molecule has 2 aromatic carbocycles. The molecule has 2 N–H and O–H groups in total. The Kier molecular flexibility index (Phi) is 7.71. The molecule has 1 aliphatic heterocycles. The SMILES string of the molecule is COC(=O)NCC(=O)N1CCC(c2nc(C(=O)Nc3ccccc3-c3ccc(F)cc3)cs2)CC1. The number of ether oxygens (including phenoxy) is 1. The van der Waals surface area contributed by atoms with E-state index in [1.807, 2.05) is 18.2 Å². The summed E-state index contributed by atoms with van der Waals surface area (Å²) in [4.78, 5) is 42.6. The number of carbonyl (C=O) groups excluding carboxylic acids is 3. The van der Waals surface area contributed by atoms with Gasteiger partial charge in [0.15, 0.2) is 0 Å². The first kappa shape index (κ1) is 24.3. The average Bonchev–Trinajstić information content (AvgIpc) is 3.39. The molecular formula is C25H25FN4O4S. The van der Waals surface area contributed by atoms with Crippen molar-refractivity contribution in [2.24, 2.45) is 0 Å². The molecule has 1 fully saturated rings. The maximum atomic E-state index is 13.3. The minimum atomic E-state index is -0.637. The van der Waals surface area contributed by atoms with Gasteiger partial charge >= 0.3 is 6.09 Å². The summed E-state index contributed by atoms with van der Waals surface area (Å²) in [5.74, 6) is -0.638. The van der Waals surface area contributed by atoms with Gasteiger partial charge in [-0.25, -0.2) is 14.2 Å². The highest BCUT2D eigenvalue weighted by Gasteiger charge is 2.26. The number of hydrogen-bond donors (Lipinski definition) is 2. The third-order valence-corrected chi connectivity index (χ3v) is 6.86. The van der Waals surface area contributed by atoms with Gasteiger partial charge in [-0.15, -0.1) is 11.3 Å². The van der Waals surface area contributed by atoms with Gasteiger partial charge in [-0.05, 0) is 36.6 Å². The fourth-order valence-electron chi connectivity index (χ4n) is 3.95. The van der Waals surface area contributed by atoms with Crippen LogP contribution < -0.4 is 10.6 Å². The van der Waals surface area contributed by atoms with Crippen LogP contribution in [0.15, 0.2) is 53.9 Å². The Hall–Kier alpha value is -3.79. The monoisotopic (exact) mass is 496 g/mol. The van der Waals surface area contributed by atoms with Crippen molar-refractivity contribution in [3.05, 3.63) is 70.4 Å². The van der Waals surface area contributed by atoms with Gasteiger partial charge in [0.05, 0.1) is 12.1 Å². The van der Waals surface area contributed by atoms with Gasteiger partial charge in [0.2, 0.25) is 5.91 Å². The van der Waals surface area contributed by atoms with Gasteiger partial charge < -0.3 is 20.3 Å². The third kappa shape index (κ3) is 6.02. The van der Waals surface area contributed by atoms with Gasteiger partial charge in [0, 0.05) is 35.6 Å². The molecule has 3 aromatic rings. The molecule has 0 aliphatic carbocycles. The van der Waals surface area contributed by atoms with Crippen LogP contribution in [0.25, 0.3) is 11.1 Å². The van der Waals surface area contributed by atoms with E-state index in [1.54, 1.807) is 28.5 Å². The Balaban J connectivity index is 1.36. The third-order valence-electron chi connectivity index (χ3n) is 5.85. The normalized spacial score (nSPS) is 13.8. The number of likely N-dealkylation sites (tertiary alicyclic amines) is 1. The van der Waals surface area contributed by atoms with Crippen molar-refractivity contribution >= 4 is 34.9 Å². The number of rotatable bonds is 6. The Labute approximate surface area is 206 Å². The van der Waals surface area contributed by atoms with E-state index in [9.17, 15) is 18.8 Å².